The number of carboxylic acids is 1. The molecule has 0 aliphatic carbocycles. The van der Waals surface area contributed by atoms with E-state index < -0.39 is 18.4 Å². The summed E-state index contributed by atoms with van der Waals surface area (Å²) in [4.78, 5) is 27.6. The van der Waals surface area contributed by atoms with Crippen LogP contribution in [0.4, 0.5) is 17.1 Å². The highest BCUT2D eigenvalue weighted by atomic mass is 32.1. The van der Waals surface area contributed by atoms with Gasteiger partial charge in [-0.3, -0.25) is 14.5 Å². The van der Waals surface area contributed by atoms with Crippen molar-refractivity contribution in [2.45, 2.75) is 27.7 Å². The zero-order chi connectivity index (χ0) is 44.0. The van der Waals surface area contributed by atoms with Gasteiger partial charge < -0.3 is 15.3 Å². The maximum absolute atomic E-state index is 13.0. The van der Waals surface area contributed by atoms with Gasteiger partial charge in [0.15, 0.2) is 5.11 Å². The smallest absolute Gasteiger partial charge is 0.323 e. The molecule has 6 nitrogen and oxygen atoms in total. The first kappa shape index (κ1) is 42.1. The minimum absolute atomic E-state index is 0.0720. The number of benzene rings is 7. The molecule has 1 aliphatic heterocycles. The van der Waals surface area contributed by atoms with Gasteiger partial charge in [0, 0.05) is 17.1 Å². The zero-order valence-corrected chi connectivity index (χ0v) is 36.5. The predicted molar refractivity (Wildman–Crippen MR) is 263 cm³/mol. The molecule has 1 aliphatic rings. The van der Waals surface area contributed by atoms with Gasteiger partial charge >= 0.3 is 5.97 Å². The molecule has 0 saturated carbocycles. The predicted octanol–water partition coefficient (Wildman–Crippen LogP) is 12.7. The van der Waals surface area contributed by atoms with Crippen molar-refractivity contribution < 1.29 is 14.7 Å². The zero-order valence-electron chi connectivity index (χ0n) is 35.7. The van der Waals surface area contributed by atoms with E-state index in [1.807, 2.05) is 36.4 Å². The van der Waals surface area contributed by atoms with Gasteiger partial charge in [0.25, 0.3) is 5.91 Å². The number of nitrogens with zero attached hydrogens (tertiary/aromatic N) is 2. The second-order valence-corrected chi connectivity index (χ2v) is 16.2. The van der Waals surface area contributed by atoms with Crippen molar-refractivity contribution in [3.63, 3.8) is 0 Å². The molecule has 0 atom stereocenters. The third-order valence-corrected chi connectivity index (χ3v) is 11.8. The lowest BCUT2D eigenvalue weighted by atomic mass is 9.93. The molecular formula is C56H47N3O3S. The molecule has 8 rings (SSSR count). The lowest BCUT2D eigenvalue weighted by Crippen LogP contribution is -2.35. The molecule has 1 saturated heterocycles. The SMILES string of the molecule is Cc1ccc(/C(=C/c2ccc(N(c3ccc(/C=C4\NC(=S)N(CC(=O)O)C4=O)cc3)c3ccc(/C=C(\c4ccccc4)c4ccc(C)c(C)c4)cc3)cc2)c2ccccc2)cc1C. The van der Waals surface area contributed by atoms with Crippen LogP contribution < -0.4 is 10.2 Å². The van der Waals surface area contributed by atoms with Gasteiger partial charge in [-0.15, -0.1) is 0 Å². The molecule has 1 amide bonds. The van der Waals surface area contributed by atoms with Crippen molar-refractivity contribution in [3.05, 3.63) is 237 Å². The number of carbonyl (C=O) groups is 2. The molecule has 7 aromatic carbocycles. The number of rotatable bonds is 12. The molecule has 7 heteroatoms. The number of aliphatic carboxylic acids is 1. The average Bonchev–Trinajstić information content (AvgIpc) is 3.55. The van der Waals surface area contributed by atoms with Crippen LogP contribution in [0.1, 0.15) is 61.2 Å². The van der Waals surface area contributed by atoms with Crippen molar-refractivity contribution in [2.24, 2.45) is 0 Å². The van der Waals surface area contributed by atoms with Gasteiger partial charge in [0.2, 0.25) is 0 Å². The van der Waals surface area contributed by atoms with Crippen LogP contribution in [0.5, 0.6) is 0 Å². The number of thiocarbonyl (C=S) groups is 1. The van der Waals surface area contributed by atoms with E-state index in [4.69, 9.17) is 12.2 Å². The molecule has 1 fully saturated rings. The van der Waals surface area contributed by atoms with Gasteiger partial charge in [-0.1, -0.05) is 133 Å². The highest BCUT2D eigenvalue weighted by molar-refractivity contribution is 7.80. The third kappa shape index (κ3) is 9.65. The molecule has 0 aromatic heterocycles. The van der Waals surface area contributed by atoms with E-state index in [0.717, 1.165) is 72.1 Å². The number of anilines is 3. The minimum atomic E-state index is -1.14. The maximum Gasteiger partial charge on any atom is 0.323 e. The molecule has 7 aromatic rings. The summed E-state index contributed by atoms with van der Waals surface area (Å²) in [7, 11) is 0. The molecule has 310 valence electrons. The molecule has 0 spiro atoms. The summed E-state index contributed by atoms with van der Waals surface area (Å²) in [6.45, 7) is 8.08. The second kappa shape index (κ2) is 18.6. The van der Waals surface area contributed by atoms with Crippen LogP contribution in [0.2, 0.25) is 0 Å². The molecule has 2 N–H and O–H groups in total. The first-order chi connectivity index (χ1) is 30.5. The van der Waals surface area contributed by atoms with E-state index in [9.17, 15) is 14.7 Å². The van der Waals surface area contributed by atoms with E-state index >= 15 is 0 Å². The molecule has 1 heterocycles. The number of aryl methyl sites for hydroxylation is 4. The summed E-state index contributed by atoms with van der Waals surface area (Å²) in [5, 5.41) is 12.2. The first-order valence-electron chi connectivity index (χ1n) is 20.9. The molecular weight excluding hydrogens is 795 g/mol. The van der Waals surface area contributed by atoms with Gasteiger partial charge in [-0.25, -0.2) is 0 Å². The van der Waals surface area contributed by atoms with Crippen LogP contribution in [0.3, 0.4) is 0 Å². The Bertz CT molecular complexity index is 2770. The Hall–Kier alpha value is -7.61. The van der Waals surface area contributed by atoms with Crippen molar-refractivity contribution >= 4 is 75.6 Å². The Morgan fingerprint density at radius 3 is 1.37 bits per heavy atom. The standard InChI is InChI=1S/C56H47N3O3S/c1-37-15-23-46(31-39(37)3)51(44-11-7-5-8-12-44)33-41-17-25-48(26-18-41)59(50-29-21-43(22-30-50)35-53-55(62)58(36-54(60)61)56(63)57-53)49-27-19-42(20-28-49)34-52(45-13-9-6-10-14-45)47-24-16-38(2)40(4)32-47/h5-35H,36H2,1-4H3,(H,57,63)(H,60,61)/b51-33+,52-34+,53-35-. The average molecular weight is 842 g/mol. The highest BCUT2D eigenvalue weighted by Gasteiger charge is 2.32. The van der Waals surface area contributed by atoms with E-state index in [2.05, 4.69) is 184 Å². The van der Waals surface area contributed by atoms with Crippen molar-refractivity contribution in [2.75, 3.05) is 11.4 Å². The first-order valence-corrected chi connectivity index (χ1v) is 21.3. The van der Waals surface area contributed by atoms with Crippen molar-refractivity contribution in [1.82, 2.24) is 10.2 Å². The Morgan fingerprint density at radius 1 is 0.556 bits per heavy atom. The summed E-state index contributed by atoms with van der Waals surface area (Å²) in [5.74, 6) is -1.61. The largest absolute Gasteiger partial charge is 0.480 e. The summed E-state index contributed by atoms with van der Waals surface area (Å²) in [6.07, 6.45) is 6.18. The molecule has 0 bridgehead atoms. The van der Waals surface area contributed by atoms with E-state index in [1.54, 1.807) is 6.08 Å². The third-order valence-electron chi connectivity index (χ3n) is 11.4. The lowest BCUT2D eigenvalue weighted by Gasteiger charge is -2.26. The fourth-order valence-electron chi connectivity index (χ4n) is 7.68. The number of hydrogen-bond acceptors (Lipinski definition) is 4. The van der Waals surface area contributed by atoms with Crippen LogP contribution in [0.15, 0.2) is 176 Å². The van der Waals surface area contributed by atoms with Crippen LogP contribution in [-0.2, 0) is 9.59 Å². The van der Waals surface area contributed by atoms with Gasteiger partial charge in [-0.2, -0.15) is 0 Å². The minimum Gasteiger partial charge on any atom is -0.480 e. The number of carbonyl (C=O) groups excluding carboxylic acids is 1. The van der Waals surface area contributed by atoms with Crippen LogP contribution in [0.25, 0.3) is 29.4 Å². The molecule has 63 heavy (non-hydrogen) atoms. The van der Waals surface area contributed by atoms with E-state index in [1.165, 1.54) is 22.3 Å². The highest BCUT2D eigenvalue weighted by Crippen LogP contribution is 2.37. The summed E-state index contributed by atoms with van der Waals surface area (Å²) >= 11 is 5.25. The van der Waals surface area contributed by atoms with Crippen LogP contribution in [-0.4, -0.2) is 33.5 Å². The Kier molecular flexibility index (Phi) is 12.4. The van der Waals surface area contributed by atoms with Gasteiger partial charge in [0.05, 0.1) is 0 Å². The summed E-state index contributed by atoms with van der Waals surface area (Å²) in [5.41, 5.74) is 17.9. The summed E-state index contributed by atoms with van der Waals surface area (Å²) in [6, 6.07) is 59.4. The topological polar surface area (TPSA) is 72.9 Å². The number of carboxylic acid groups (broad SMARTS) is 1. The fourth-order valence-corrected chi connectivity index (χ4v) is 7.93. The fraction of sp³-hybridized carbons (Fsp3) is 0.0893. The van der Waals surface area contributed by atoms with E-state index in [0.29, 0.717) is 0 Å². The normalized spacial score (nSPS) is 13.7. The Balaban J connectivity index is 1.17. The van der Waals surface area contributed by atoms with E-state index in [-0.39, 0.29) is 10.8 Å². The maximum atomic E-state index is 13.0. The quantitative estimate of drug-likeness (QED) is 0.0725. The number of hydrogen-bond donors (Lipinski definition) is 2. The van der Waals surface area contributed by atoms with Crippen molar-refractivity contribution in [1.29, 1.82) is 0 Å². The number of nitrogens with one attached hydrogen (secondary N) is 1. The van der Waals surface area contributed by atoms with Gasteiger partial charge in [-0.05, 0) is 167 Å². The van der Waals surface area contributed by atoms with Crippen LogP contribution >= 0.6 is 12.2 Å². The van der Waals surface area contributed by atoms with Crippen LogP contribution in [0, 0.1) is 27.7 Å². The monoisotopic (exact) mass is 841 g/mol. The van der Waals surface area contributed by atoms with Gasteiger partial charge in [0.1, 0.15) is 12.2 Å². The summed E-state index contributed by atoms with van der Waals surface area (Å²) < 4.78 is 0. The lowest BCUT2D eigenvalue weighted by molar-refractivity contribution is -0.140. The Morgan fingerprint density at radius 2 is 0.968 bits per heavy atom. The molecule has 0 unspecified atom stereocenters. The second-order valence-electron chi connectivity index (χ2n) is 15.8. The van der Waals surface area contributed by atoms with Crippen molar-refractivity contribution in [3.8, 4) is 0 Å². The molecule has 0 radical (unpaired) electrons. The number of amides is 1. The Labute approximate surface area is 374 Å².